The zero-order valence-corrected chi connectivity index (χ0v) is 22.2. The number of rotatable bonds is 7. The molecule has 2 amide bonds. The summed E-state index contributed by atoms with van der Waals surface area (Å²) in [6.07, 6.45) is 6.48. The van der Waals surface area contributed by atoms with E-state index in [1.165, 1.54) is 6.07 Å². The Morgan fingerprint density at radius 2 is 2.03 bits per heavy atom. The summed E-state index contributed by atoms with van der Waals surface area (Å²) in [6.45, 7) is 1.84. The van der Waals surface area contributed by atoms with Gasteiger partial charge in [-0.05, 0) is 62.3 Å². The van der Waals surface area contributed by atoms with E-state index >= 15 is 4.39 Å². The van der Waals surface area contributed by atoms with Crippen LogP contribution in [0.2, 0.25) is 0 Å². The highest BCUT2D eigenvalue weighted by atomic mass is 19.1. The summed E-state index contributed by atoms with van der Waals surface area (Å²) in [5, 5.41) is 0. The monoisotopic (exact) mass is 534 g/mol. The van der Waals surface area contributed by atoms with Crippen molar-refractivity contribution >= 4 is 17.4 Å². The van der Waals surface area contributed by atoms with Crippen LogP contribution >= 0.6 is 0 Å². The largest absolute Gasteiger partial charge is 0.454 e. The lowest BCUT2D eigenvalue weighted by Gasteiger charge is -2.43. The highest BCUT2D eigenvalue weighted by molar-refractivity contribution is 5.89. The van der Waals surface area contributed by atoms with Crippen molar-refractivity contribution in [1.29, 1.82) is 0 Å². The van der Waals surface area contributed by atoms with Gasteiger partial charge in [0.15, 0.2) is 11.6 Å². The van der Waals surface area contributed by atoms with Crippen molar-refractivity contribution in [2.24, 2.45) is 11.7 Å². The second-order valence-corrected chi connectivity index (χ2v) is 10.5. The minimum Gasteiger partial charge on any atom is -0.454 e. The van der Waals surface area contributed by atoms with E-state index in [2.05, 4.69) is 10.9 Å². The lowest BCUT2D eigenvalue weighted by atomic mass is 9.85. The summed E-state index contributed by atoms with van der Waals surface area (Å²) in [5.41, 5.74) is 13.4. The minimum atomic E-state index is -0.567. The van der Waals surface area contributed by atoms with Gasteiger partial charge in [-0.1, -0.05) is 30.3 Å². The van der Waals surface area contributed by atoms with Gasteiger partial charge >= 0.3 is 0 Å². The Bertz CT molecular complexity index is 1270. The van der Waals surface area contributed by atoms with Gasteiger partial charge in [-0.25, -0.2) is 9.82 Å². The van der Waals surface area contributed by atoms with Crippen molar-refractivity contribution in [3.8, 4) is 11.5 Å². The summed E-state index contributed by atoms with van der Waals surface area (Å²) >= 11 is 0. The Hall–Kier alpha value is -3.73. The topological polar surface area (TPSA) is 103 Å². The predicted octanol–water partition coefficient (Wildman–Crippen LogP) is 2.29. The highest BCUT2D eigenvalue weighted by Gasteiger charge is 2.49. The zero-order valence-electron chi connectivity index (χ0n) is 22.2. The van der Waals surface area contributed by atoms with Crippen LogP contribution < -0.4 is 21.3 Å². The lowest BCUT2D eigenvalue weighted by molar-refractivity contribution is -0.132. The number of nitrogens with two attached hydrogens (primary N) is 1. The Morgan fingerprint density at radius 3 is 2.77 bits per heavy atom. The fourth-order valence-corrected chi connectivity index (χ4v) is 5.54. The van der Waals surface area contributed by atoms with Crippen LogP contribution in [-0.2, 0) is 9.59 Å². The normalized spacial score (nSPS) is 25.1. The summed E-state index contributed by atoms with van der Waals surface area (Å²) in [4.78, 5) is 31.8. The number of nitrogens with one attached hydrogen (secondary N) is 2. The molecule has 9 nitrogen and oxygen atoms in total. The number of hydrogen-bond donors (Lipinski definition) is 3. The Kier molecular flexibility index (Phi) is 7.97. The number of nitrogens with zero attached hydrogens (tertiary/aromatic N) is 3. The number of benzene rings is 2. The SMILES string of the molecule is CN(C)C/C=C/C(=O)N1CCC[C@@H](N2C=C(c3ccc(Oc4ccccc4)c(F)c3)C3C(N)NNC(=O)C32)C1. The highest BCUT2D eigenvalue weighted by Crippen LogP contribution is 2.41. The molecule has 10 heteroatoms. The molecule has 2 fully saturated rings. The smallest absolute Gasteiger partial charge is 0.257 e. The van der Waals surface area contributed by atoms with Crippen molar-refractivity contribution in [3.05, 3.63) is 78.3 Å². The third-order valence-electron chi connectivity index (χ3n) is 7.42. The van der Waals surface area contributed by atoms with Gasteiger partial charge in [-0.2, -0.15) is 0 Å². The van der Waals surface area contributed by atoms with Crippen LogP contribution in [0.5, 0.6) is 11.5 Å². The van der Waals surface area contributed by atoms with E-state index in [1.54, 1.807) is 30.3 Å². The molecule has 2 aromatic carbocycles. The molecular formula is C29H35FN6O3. The first-order chi connectivity index (χ1) is 18.8. The van der Waals surface area contributed by atoms with Gasteiger partial charge in [0.1, 0.15) is 11.8 Å². The van der Waals surface area contributed by atoms with E-state index in [1.807, 2.05) is 59.3 Å². The molecule has 39 heavy (non-hydrogen) atoms. The molecule has 0 aromatic heterocycles. The van der Waals surface area contributed by atoms with Crippen LogP contribution in [-0.4, -0.2) is 78.5 Å². The first-order valence-corrected chi connectivity index (χ1v) is 13.2. The quantitative estimate of drug-likeness (QED) is 0.469. The third kappa shape index (κ3) is 5.83. The maximum atomic E-state index is 15.2. The first-order valence-electron chi connectivity index (χ1n) is 13.2. The Labute approximate surface area is 228 Å². The van der Waals surface area contributed by atoms with Crippen LogP contribution in [0.15, 0.2) is 66.9 Å². The van der Waals surface area contributed by atoms with Crippen LogP contribution in [0.25, 0.3) is 5.57 Å². The molecule has 4 N–H and O–H groups in total. The molecule has 3 aliphatic rings. The number of ether oxygens (including phenoxy) is 1. The Morgan fingerprint density at radius 1 is 1.23 bits per heavy atom. The van der Waals surface area contributed by atoms with Gasteiger partial charge < -0.3 is 25.2 Å². The van der Waals surface area contributed by atoms with E-state index in [4.69, 9.17) is 10.5 Å². The molecule has 0 spiro atoms. The number of hydrazine groups is 1. The Balaban J connectivity index is 1.40. The van der Waals surface area contributed by atoms with Gasteiger partial charge in [0.2, 0.25) is 5.91 Å². The molecule has 0 aliphatic carbocycles. The van der Waals surface area contributed by atoms with E-state index < -0.39 is 23.9 Å². The molecule has 206 valence electrons. The maximum Gasteiger partial charge on any atom is 0.257 e. The second kappa shape index (κ2) is 11.6. The molecule has 3 unspecified atom stereocenters. The van der Waals surface area contributed by atoms with Crippen LogP contribution in [0.1, 0.15) is 18.4 Å². The molecule has 2 aromatic rings. The van der Waals surface area contributed by atoms with Crippen LogP contribution in [0.4, 0.5) is 4.39 Å². The van der Waals surface area contributed by atoms with Crippen molar-refractivity contribution in [1.82, 2.24) is 25.6 Å². The van der Waals surface area contributed by atoms with Crippen molar-refractivity contribution in [3.63, 3.8) is 0 Å². The molecule has 3 aliphatic heterocycles. The van der Waals surface area contributed by atoms with Gasteiger partial charge in [0.25, 0.3) is 5.91 Å². The number of likely N-dealkylation sites (tertiary alicyclic amines) is 1. The molecule has 0 bridgehead atoms. The molecule has 5 rings (SSSR count). The van der Waals surface area contributed by atoms with Crippen LogP contribution in [0.3, 0.4) is 0 Å². The average molecular weight is 535 g/mol. The maximum absolute atomic E-state index is 15.2. The van der Waals surface area contributed by atoms with Crippen molar-refractivity contribution in [2.75, 3.05) is 33.7 Å². The standard InChI is InChI=1S/C29H35FN6O3/c1-34(2)14-7-11-25(37)35-15-6-8-20(17-35)36-18-22(26-27(36)29(38)33-32-28(26)31)19-12-13-24(23(30)16-19)39-21-9-4-3-5-10-21/h3-5,7,9-13,16,18,20,26-28,32H,6,8,14-15,17,31H2,1-2H3,(H,33,38)/b11-7+/t20-,26?,27?,28?/m1/s1. The molecule has 2 saturated heterocycles. The number of amides is 2. The summed E-state index contributed by atoms with van der Waals surface area (Å²) in [6, 6.07) is 13.2. The lowest BCUT2D eigenvalue weighted by Crippen LogP contribution is -2.67. The molecule has 0 saturated carbocycles. The van der Waals surface area contributed by atoms with E-state index in [9.17, 15) is 9.59 Å². The second-order valence-electron chi connectivity index (χ2n) is 10.5. The van der Waals surface area contributed by atoms with Crippen LogP contribution in [0, 0.1) is 11.7 Å². The van der Waals surface area contributed by atoms with E-state index in [0.717, 1.165) is 18.4 Å². The van der Waals surface area contributed by atoms with Gasteiger partial charge in [0, 0.05) is 43.9 Å². The predicted molar refractivity (Wildman–Crippen MR) is 147 cm³/mol. The van der Waals surface area contributed by atoms with Gasteiger partial charge in [-0.15, -0.1) is 0 Å². The molecular weight excluding hydrogens is 499 g/mol. The molecule has 0 radical (unpaired) electrons. The molecule has 4 atom stereocenters. The van der Waals surface area contributed by atoms with Gasteiger partial charge in [0.05, 0.1) is 6.17 Å². The number of carbonyl (C=O) groups excluding carboxylic acids is 2. The third-order valence-corrected chi connectivity index (χ3v) is 7.42. The summed E-state index contributed by atoms with van der Waals surface area (Å²) < 4.78 is 20.9. The van der Waals surface area contributed by atoms with Crippen molar-refractivity contribution in [2.45, 2.75) is 31.1 Å². The van der Waals surface area contributed by atoms with Crippen molar-refractivity contribution < 1.29 is 18.7 Å². The first kappa shape index (κ1) is 26.9. The number of halogens is 1. The number of fused-ring (bicyclic) bond motifs is 1. The summed E-state index contributed by atoms with van der Waals surface area (Å²) in [5.74, 6) is -0.489. The molecule has 3 heterocycles. The zero-order chi connectivity index (χ0) is 27.5. The van der Waals surface area contributed by atoms with E-state index in [-0.39, 0.29) is 23.6 Å². The number of likely N-dealkylation sites (N-methyl/N-ethyl adjacent to an activating group) is 1. The number of para-hydroxylation sites is 1. The number of carbonyl (C=O) groups is 2. The fraction of sp³-hybridized carbons (Fsp3) is 0.379. The van der Waals surface area contributed by atoms with Gasteiger partial charge in [-0.3, -0.25) is 15.0 Å². The average Bonchev–Trinajstić information content (AvgIpc) is 3.34. The number of piperidine rings is 1. The van der Waals surface area contributed by atoms with E-state index in [0.29, 0.717) is 30.9 Å². The summed E-state index contributed by atoms with van der Waals surface area (Å²) in [7, 11) is 3.90. The minimum absolute atomic E-state index is 0.0379. The fourth-order valence-electron chi connectivity index (χ4n) is 5.54. The number of hydrogen-bond acceptors (Lipinski definition) is 7.